The maximum absolute atomic E-state index is 12.7. The third-order valence-electron chi connectivity index (χ3n) is 4.70. The van der Waals surface area contributed by atoms with Gasteiger partial charge in [-0.05, 0) is 24.3 Å². The zero-order valence-electron chi connectivity index (χ0n) is 16.6. The molecule has 1 fully saturated rings. The second-order valence-electron chi connectivity index (χ2n) is 7.69. The number of ether oxygens (including phenoxy) is 1. The zero-order valence-corrected chi connectivity index (χ0v) is 17.4. The third-order valence-corrected chi connectivity index (χ3v) is 6.51. The number of sulfonamides is 1. The third kappa shape index (κ3) is 6.12. The van der Waals surface area contributed by atoms with E-state index in [0.29, 0.717) is 43.8 Å². The molecule has 1 unspecified atom stereocenters. The number of rotatable bonds is 9. The Morgan fingerprint density at radius 1 is 1.29 bits per heavy atom. The van der Waals surface area contributed by atoms with Gasteiger partial charge < -0.3 is 9.26 Å². The van der Waals surface area contributed by atoms with Crippen molar-refractivity contribution >= 4 is 10.0 Å². The second-order valence-corrected chi connectivity index (χ2v) is 9.66. The molecule has 1 aromatic carbocycles. The molecule has 2 aromatic rings. The van der Waals surface area contributed by atoms with Crippen molar-refractivity contribution in [3.8, 4) is 0 Å². The maximum Gasteiger partial charge on any atom is 0.226 e. The van der Waals surface area contributed by atoms with E-state index in [9.17, 15) is 8.42 Å². The van der Waals surface area contributed by atoms with Crippen molar-refractivity contribution in [2.45, 2.75) is 51.4 Å². The van der Waals surface area contributed by atoms with Crippen molar-refractivity contribution < 1.29 is 17.7 Å². The largest absolute Gasteiger partial charge is 0.376 e. The minimum absolute atomic E-state index is 0.0298. The number of aromatic nitrogens is 2. The van der Waals surface area contributed by atoms with E-state index in [2.05, 4.69) is 24.0 Å². The van der Waals surface area contributed by atoms with Gasteiger partial charge in [0.15, 0.2) is 5.82 Å². The zero-order chi connectivity index (χ0) is 20.0. The molecule has 0 aliphatic carbocycles. The van der Waals surface area contributed by atoms with E-state index in [-0.39, 0.29) is 11.9 Å². The van der Waals surface area contributed by atoms with Crippen molar-refractivity contribution in [1.82, 2.24) is 14.4 Å². The molecule has 7 nitrogen and oxygen atoms in total. The molecule has 0 saturated carbocycles. The lowest BCUT2D eigenvalue weighted by Gasteiger charge is -2.31. The van der Waals surface area contributed by atoms with Gasteiger partial charge in [0.25, 0.3) is 0 Å². The van der Waals surface area contributed by atoms with Crippen LogP contribution in [0.15, 0.2) is 34.9 Å². The van der Waals surface area contributed by atoms with E-state index in [4.69, 9.17) is 9.26 Å². The van der Waals surface area contributed by atoms with Gasteiger partial charge in [0, 0.05) is 25.9 Å². The lowest BCUT2D eigenvalue weighted by molar-refractivity contribution is 0.0198. The first-order chi connectivity index (χ1) is 13.4. The molecule has 1 saturated heterocycles. The van der Waals surface area contributed by atoms with Crippen LogP contribution in [0.2, 0.25) is 0 Å². The summed E-state index contributed by atoms with van der Waals surface area (Å²) in [7, 11) is -3.34. The molecule has 1 aliphatic heterocycles. The Bertz CT molecular complexity index is 836. The van der Waals surface area contributed by atoms with Crippen molar-refractivity contribution in [2.75, 3.05) is 19.7 Å². The van der Waals surface area contributed by atoms with E-state index >= 15 is 0 Å². The van der Waals surface area contributed by atoms with Crippen LogP contribution in [0.1, 0.15) is 44.0 Å². The quantitative estimate of drug-likeness (QED) is 0.635. The average Bonchev–Trinajstić information content (AvgIpc) is 3.09. The number of benzene rings is 1. The molecule has 3 rings (SSSR count). The van der Waals surface area contributed by atoms with Gasteiger partial charge >= 0.3 is 0 Å². The van der Waals surface area contributed by atoms with Crippen LogP contribution >= 0.6 is 0 Å². The Hall–Kier alpha value is -1.77. The summed E-state index contributed by atoms with van der Waals surface area (Å²) in [5.74, 6) is 1.79. The minimum atomic E-state index is -3.34. The molecule has 0 bridgehead atoms. The van der Waals surface area contributed by atoms with E-state index in [1.54, 1.807) is 4.31 Å². The van der Waals surface area contributed by atoms with Crippen LogP contribution in [0.4, 0.5) is 0 Å². The van der Waals surface area contributed by atoms with Gasteiger partial charge in [-0.2, -0.15) is 9.29 Å². The number of hydrogen-bond donors (Lipinski definition) is 0. The van der Waals surface area contributed by atoms with E-state index in [0.717, 1.165) is 24.8 Å². The van der Waals surface area contributed by atoms with Gasteiger partial charge in [0.1, 0.15) is 0 Å². The van der Waals surface area contributed by atoms with Crippen molar-refractivity contribution in [3.63, 3.8) is 0 Å². The SMILES string of the molecule is CC(C)Cc1nc(CCOC2CCCN(S(=O)(=O)Cc3ccccc3)C2)no1. The Morgan fingerprint density at radius 2 is 2.07 bits per heavy atom. The van der Waals surface area contributed by atoms with Crippen molar-refractivity contribution in [3.05, 3.63) is 47.6 Å². The molecule has 0 radical (unpaired) electrons. The predicted octanol–water partition coefficient (Wildman–Crippen LogP) is 2.82. The van der Waals surface area contributed by atoms with E-state index < -0.39 is 10.0 Å². The molecule has 154 valence electrons. The van der Waals surface area contributed by atoms with Crippen molar-refractivity contribution in [2.24, 2.45) is 5.92 Å². The maximum atomic E-state index is 12.7. The Kier molecular flexibility index (Phi) is 7.20. The van der Waals surface area contributed by atoms with Gasteiger partial charge in [-0.3, -0.25) is 0 Å². The fourth-order valence-corrected chi connectivity index (χ4v) is 4.91. The summed E-state index contributed by atoms with van der Waals surface area (Å²) >= 11 is 0. The molecule has 8 heteroatoms. The Morgan fingerprint density at radius 3 is 2.82 bits per heavy atom. The van der Waals surface area contributed by atoms with E-state index in [1.807, 2.05) is 30.3 Å². The fraction of sp³-hybridized carbons (Fsp3) is 0.600. The number of nitrogens with zero attached hydrogens (tertiary/aromatic N) is 3. The fourth-order valence-electron chi connectivity index (χ4n) is 3.31. The highest BCUT2D eigenvalue weighted by atomic mass is 32.2. The molecule has 1 atom stereocenters. The molecule has 2 heterocycles. The van der Waals surface area contributed by atoms with Gasteiger partial charge in [0.2, 0.25) is 15.9 Å². The van der Waals surface area contributed by atoms with Crippen LogP contribution in [0.25, 0.3) is 0 Å². The summed E-state index contributed by atoms with van der Waals surface area (Å²) in [5, 5.41) is 3.98. The van der Waals surface area contributed by atoms with Gasteiger partial charge in [0.05, 0.1) is 18.5 Å². The standard InChI is InChI=1S/C20H29N3O4S/c1-16(2)13-20-21-19(22-27-20)10-12-26-18-9-6-11-23(14-18)28(24,25)15-17-7-4-3-5-8-17/h3-5,7-8,16,18H,6,9-15H2,1-2H3. The Balaban J connectivity index is 1.47. The van der Waals surface area contributed by atoms with Crippen LogP contribution in [-0.4, -0.2) is 48.7 Å². The molecular weight excluding hydrogens is 378 g/mol. The molecule has 0 N–H and O–H groups in total. The summed E-state index contributed by atoms with van der Waals surface area (Å²) in [6.45, 7) is 5.62. The highest BCUT2D eigenvalue weighted by Crippen LogP contribution is 2.19. The van der Waals surface area contributed by atoms with Gasteiger partial charge in [-0.15, -0.1) is 0 Å². The summed E-state index contributed by atoms with van der Waals surface area (Å²) in [4.78, 5) is 4.37. The average molecular weight is 408 g/mol. The second kappa shape index (κ2) is 9.62. The summed E-state index contributed by atoms with van der Waals surface area (Å²) in [6.07, 6.45) is 2.91. The topological polar surface area (TPSA) is 85.5 Å². The molecule has 1 aromatic heterocycles. The van der Waals surface area contributed by atoms with E-state index in [1.165, 1.54) is 0 Å². The smallest absolute Gasteiger partial charge is 0.226 e. The van der Waals surface area contributed by atoms with Crippen LogP contribution in [0.3, 0.4) is 0 Å². The van der Waals surface area contributed by atoms with Crippen LogP contribution in [0.5, 0.6) is 0 Å². The highest BCUT2D eigenvalue weighted by molar-refractivity contribution is 7.88. The lowest BCUT2D eigenvalue weighted by Crippen LogP contribution is -2.43. The van der Waals surface area contributed by atoms with Crippen molar-refractivity contribution in [1.29, 1.82) is 0 Å². The van der Waals surface area contributed by atoms with Gasteiger partial charge in [-0.1, -0.05) is 49.3 Å². The molecule has 28 heavy (non-hydrogen) atoms. The first-order valence-electron chi connectivity index (χ1n) is 9.87. The molecule has 1 aliphatic rings. The van der Waals surface area contributed by atoms with Crippen LogP contribution < -0.4 is 0 Å². The molecule has 0 spiro atoms. The van der Waals surface area contributed by atoms with Crippen LogP contribution in [0, 0.1) is 5.92 Å². The molecule has 0 amide bonds. The first kappa shape index (κ1) is 21.0. The predicted molar refractivity (Wildman–Crippen MR) is 106 cm³/mol. The molecular formula is C20H29N3O4S. The number of piperidine rings is 1. The van der Waals surface area contributed by atoms with Gasteiger partial charge in [-0.25, -0.2) is 8.42 Å². The Labute approximate surface area is 167 Å². The van der Waals surface area contributed by atoms with Crippen LogP contribution in [-0.2, 0) is 33.4 Å². The monoisotopic (exact) mass is 407 g/mol. The highest BCUT2D eigenvalue weighted by Gasteiger charge is 2.29. The summed E-state index contributed by atoms with van der Waals surface area (Å²) < 4.78 is 38.2. The minimum Gasteiger partial charge on any atom is -0.376 e. The summed E-state index contributed by atoms with van der Waals surface area (Å²) in [5.41, 5.74) is 0.805. The first-order valence-corrected chi connectivity index (χ1v) is 11.5. The summed E-state index contributed by atoms with van der Waals surface area (Å²) in [6, 6.07) is 9.28. The number of hydrogen-bond acceptors (Lipinski definition) is 6. The normalized spacial score (nSPS) is 18.6. The lowest BCUT2D eigenvalue weighted by atomic mass is 10.1.